The fourth-order valence-corrected chi connectivity index (χ4v) is 1.91. The number of amides is 2. The zero-order valence-corrected chi connectivity index (χ0v) is 11.5. The third kappa shape index (κ3) is 7.83. The van der Waals surface area contributed by atoms with Crippen LogP contribution in [0.15, 0.2) is 12.7 Å². The van der Waals surface area contributed by atoms with Gasteiger partial charge in [-0.25, -0.2) is 9.59 Å². The lowest BCUT2D eigenvalue weighted by atomic mass is 10.2. The van der Waals surface area contributed by atoms with Crippen molar-refractivity contribution in [3.8, 4) is 0 Å². The van der Waals surface area contributed by atoms with Crippen molar-refractivity contribution in [1.29, 1.82) is 0 Å². The molecule has 0 heterocycles. The minimum absolute atomic E-state index is 0.160. The minimum Gasteiger partial charge on any atom is -0.480 e. The molecule has 0 aliphatic heterocycles. The molecule has 0 aliphatic rings. The largest absolute Gasteiger partial charge is 0.480 e. The Hall–Kier alpha value is -1.37. The third-order valence-electron chi connectivity index (χ3n) is 2.22. The SMILES string of the molecule is C=CCC(NC(=O)NC(C)CCS(C)=O)C(=O)O. The minimum atomic E-state index is -1.10. The van der Waals surface area contributed by atoms with Gasteiger partial charge in [0.1, 0.15) is 6.04 Å². The van der Waals surface area contributed by atoms with Crippen molar-refractivity contribution in [2.24, 2.45) is 0 Å². The van der Waals surface area contributed by atoms with E-state index in [9.17, 15) is 13.8 Å². The second kappa shape index (κ2) is 8.68. The molecule has 0 aromatic rings. The molecule has 0 rings (SSSR count). The van der Waals surface area contributed by atoms with Crippen LogP contribution in [-0.2, 0) is 15.6 Å². The topological polar surface area (TPSA) is 95.5 Å². The number of urea groups is 1. The van der Waals surface area contributed by atoms with Crippen molar-refractivity contribution < 1.29 is 18.9 Å². The van der Waals surface area contributed by atoms with Gasteiger partial charge in [0, 0.05) is 28.9 Å². The third-order valence-corrected chi connectivity index (χ3v) is 3.03. The van der Waals surface area contributed by atoms with Gasteiger partial charge < -0.3 is 15.7 Å². The monoisotopic (exact) mass is 276 g/mol. The molecule has 0 bridgehead atoms. The molecule has 104 valence electrons. The molecule has 7 heteroatoms. The maximum Gasteiger partial charge on any atom is 0.326 e. The van der Waals surface area contributed by atoms with Crippen LogP contribution in [0.2, 0.25) is 0 Å². The van der Waals surface area contributed by atoms with E-state index in [0.717, 1.165) is 0 Å². The van der Waals surface area contributed by atoms with Gasteiger partial charge in [-0.15, -0.1) is 6.58 Å². The Labute approximate surface area is 109 Å². The maximum atomic E-state index is 11.5. The van der Waals surface area contributed by atoms with Gasteiger partial charge in [0.05, 0.1) is 0 Å². The van der Waals surface area contributed by atoms with E-state index in [-0.39, 0.29) is 12.5 Å². The normalized spacial score (nSPS) is 15.2. The number of carboxylic acid groups (broad SMARTS) is 1. The Bertz CT molecular complexity index is 333. The zero-order chi connectivity index (χ0) is 14.1. The van der Waals surface area contributed by atoms with Gasteiger partial charge >= 0.3 is 12.0 Å². The first-order chi connectivity index (χ1) is 8.36. The molecule has 18 heavy (non-hydrogen) atoms. The number of nitrogens with one attached hydrogen (secondary N) is 2. The summed E-state index contributed by atoms with van der Waals surface area (Å²) in [5, 5.41) is 13.8. The first kappa shape index (κ1) is 16.6. The summed E-state index contributed by atoms with van der Waals surface area (Å²) < 4.78 is 10.9. The molecule has 0 aromatic carbocycles. The van der Waals surface area contributed by atoms with Gasteiger partial charge in [-0.05, 0) is 19.8 Å². The lowest BCUT2D eigenvalue weighted by Crippen LogP contribution is -2.48. The summed E-state index contributed by atoms with van der Waals surface area (Å²) >= 11 is 0. The first-order valence-corrected chi connectivity index (χ1v) is 7.30. The summed E-state index contributed by atoms with van der Waals surface area (Å²) in [4.78, 5) is 22.3. The molecule has 0 aromatic heterocycles. The summed E-state index contributed by atoms with van der Waals surface area (Å²) in [5.41, 5.74) is 0. The lowest BCUT2D eigenvalue weighted by molar-refractivity contribution is -0.139. The van der Waals surface area contributed by atoms with E-state index < -0.39 is 28.8 Å². The molecule has 0 fully saturated rings. The molecule has 2 amide bonds. The fourth-order valence-electron chi connectivity index (χ4n) is 1.23. The molecular formula is C11H20N2O4S. The van der Waals surface area contributed by atoms with E-state index in [4.69, 9.17) is 5.11 Å². The Morgan fingerprint density at radius 3 is 2.50 bits per heavy atom. The Morgan fingerprint density at radius 1 is 1.44 bits per heavy atom. The number of hydrogen-bond acceptors (Lipinski definition) is 3. The molecule has 6 nitrogen and oxygen atoms in total. The Balaban J connectivity index is 4.11. The average molecular weight is 276 g/mol. The van der Waals surface area contributed by atoms with Crippen LogP contribution in [0.5, 0.6) is 0 Å². The van der Waals surface area contributed by atoms with Crippen molar-refractivity contribution in [1.82, 2.24) is 10.6 Å². The summed E-state index contributed by atoms with van der Waals surface area (Å²) in [6.45, 7) is 5.20. The highest BCUT2D eigenvalue weighted by atomic mass is 32.2. The number of carbonyl (C=O) groups excluding carboxylic acids is 1. The van der Waals surface area contributed by atoms with Gasteiger partial charge in [0.15, 0.2) is 0 Å². The average Bonchev–Trinajstić information content (AvgIpc) is 2.25. The molecule has 0 aliphatic carbocycles. The summed E-state index contributed by atoms with van der Waals surface area (Å²) in [6.07, 6.45) is 3.77. The smallest absolute Gasteiger partial charge is 0.326 e. The van der Waals surface area contributed by atoms with Crippen LogP contribution < -0.4 is 10.6 Å². The number of carbonyl (C=O) groups is 2. The number of rotatable bonds is 8. The number of hydrogen-bond donors (Lipinski definition) is 3. The van der Waals surface area contributed by atoms with Crippen LogP contribution in [0.4, 0.5) is 4.79 Å². The van der Waals surface area contributed by atoms with Crippen LogP contribution in [0.3, 0.4) is 0 Å². The standard InChI is InChI=1S/C11H20N2O4S/c1-4-5-9(10(14)15)13-11(16)12-8(2)6-7-18(3)17/h4,8-9H,1,5-7H2,2-3H3,(H,14,15)(H2,12,13,16). The summed E-state index contributed by atoms with van der Waals surface area (Å²) in [5.74, 6) is -0.608. The van der Waals surface area contributed by atoms with Crippen molar-refractivity contribution in [2.45, 2.75) is 31.8 Å². The second-order valence-electron chi connectivity index (χ2n) is 4.00. The van der Waals surface area contributed by atoms with E-state index in [1.165, 1.54) is 6.08 Å². The zero-order valence-electron chi connectivity index (χ0n) is 10.6. The van der Waals surface area contributed by atoms with Crippen LogP contribution in [-0.4, -0.2) is 45.4 Å². The molecule has 3 atom stereocenters. The number of carboxylic acids is 1. The van der Waals surface area contributed by atoms with Crippen LogP contribution in [0, 0.1) is 0 Å². The highest BCUT2D eigenvalue weighted by Gasteiger charge is 2.18. The molecule has 0 spiro atoms. The van der Waals surface area contributed by atoms with Crippen molar-refractivity contribution in [3.63, 3.8) is 0 Å². The molecule has 3 unspecified atom stereocenters. The Kier molecular flexibility index (Phi) is 8.02. The van der Waals surface area contributed by atoms with E-state index in [0.29, 0.717) is 12.2 Å². The van der Waals surface area contributed by atoms with Gasteiger partial charge in [-0.2, -0.15) is 0 Å². The van der Waals surface area contributed by atoms with Gasteiger partial charge in [-0.3, -0.25) is 4.21 Å². The lowest BCUT2D eigenvalue weighted by Gasteiger charge is -2.17. The summed E-state index contributed by atoms with van der Waals surface area (Å²) in [7, 11) is -0.901. The highest BCUT2D eigenvalue weighted by molar-refractivity contribution is 7.84. The molecule has 0 saturated heterocycles. The second-order valence-corrected chi connectivity index (χ2v) is 5.55. The van der Waals surface area contributed by atoms with E-state index >= 15 is 0 Å². The molecule has 0 radical (unpaired) electrons. The Morgan fingerprint density at radius 2 is 2.06 bits per heavy atom. The predicted octanol–water partition coefficient (Wildman–Crippen LogP) is 0.472. The quantitative estimate of drug-likeness (QED) is 0.562. The van der Waals surface area contributed by atoms with Crippen LogP contribution in [0.1, 0.15) is 19.8 Å². The first-order valence-electron chi connectivity index (χ1n) is 5.57. The van der Waals surface area contributed by atoms with Crippen molar-refractivity contribution in [2.75, 3.05) is 12.0 Å². The fraction of sp³-hybridized carbons (Fsp3) is 0.636. The highest BCUT2D eigenvalue weighted by Crippen LogP contribution is 1.95. The van der Waals surface area contributed by atoms with Crippen LogP contribution in [0.25, 0.3) is 0 Å². The van der Waals surface area contributed by atoms with Gasteiger partial charge in [0.25, 0.3) is 0 Å². The van der Waals surface area contributed by atoms with E-state index in [2.05, 4.69) is 17.2 Å². The van der Waals surface area contributed by atoms with Crippen molar-refractivity contribution >= 4 is 22.8 Å². The molecular weight excluding hydrogens is 256 g/mol. The number of aliphatic carboxylic acids is 1. The van der Waals surface area contributed by atoms with Crippen molar-refractivity contribution in [3.05, 3.63) is 12.7 Å². The van der Waals surface area contributed by atoms with Gasteiger partial charge in [-0.1, -0.05) is 6.08 Å². The molecule has 0 saturated carbocycles. The maximum absolute atomic E-state index is 11.5. The predicted molar refractivity (Wildman–Crippen MR) is 70.9 cm³/mol. The van der Waals surface area contributed by atoms with Gasteiger partial charge in [0.2, 0.25) is 0 Å². The van der Waals surface area contributed by atoms with E-state index in [1.807, 2.05) is 0 Å². The van der Waals surface area contributed by atoms with E-state index in [1.54, 1.807) is 13.2 Å². The van der Waals surface area contributed by atoms with Crippen LogP contribution >= 0.6 is 0 Å². The summed E-state index contributed by atoms with van der Waals surface area (Å²) in [6, 6.07) is -1.68. The molecule has 3 N–H and O–H groups in total.